The van der Waals surface area contributed by atoms with Crippen LogP contribution < -0.4 is 10.5 Å². The van der Waals surface area contributed by atoms with Crippen molar-refractivity contribution in [3.05, 3.63) is 59.7 Å². The van der Waals surface area contributed by atoms with Crippen molar-refractivity contribution in [2.75, 3.05) is 5.73 Å². The van der Waals surface area contributed by atoms with Crippen molar-refractivity contribution in [2.24, 2.45) is 0 Å². The Bertz CT molecular complexity index is 663. The van der Waals surface area contributed by atoms with Crippen LogP contribution in [0.2, 0.25) is 0 Å². The Balaban J connectivity index is 1.88. The number of aryl methyl sites for hydroxylation is 2. The molecule has 0 aliphatic heterocycles. The van der Waals surface area contributed by atoms with E-state index in [0.29, 0.717) is 5.75 Å². The molecule has 0 fully saturated rings. The number of carboxylic acid groups (broad SMARTS) is 1. The molecule has 2 aromatic rings. The number of aliphatic carboxylic acids is 1. The Morgan fingerprint density at radius 1 is 1.09 bits per heavy atom. The fourth-order valence-corrected chi connectivity index (χ4v) is 2.31. The molecule has 0 amide bonds. The third-order valence-electron chi connectivity index (χ3n) is 3.78. The Morgan fingerprint density at radius 3 is 2.35 bits per heavy atom. The van der Waals surface area contributed by atoms with Gasteiger partial charge in [-0.25, -0.2) is 4.79 Å². The average Bonchev–Trinajstić information content (AvgIpc) is 2.50. The van der Waals surface area contributed by atoms with E-state index in [0.717, 1.165) is 24.9 Å². The van der Waals surface area contributed by atoms with Crippen LogP contribution in [0.5, 0.6) is 5.75 Å². The van der Waals surface area contributed by atoms with Crippen LogP contribution in [0.4, 0.5) is 5.69 Å². The molecule has 0 bridgehead atoms. The fourth-order valence-electron chi connectivity index (χ4n) is 2.31. The van der Waals surface area contributed by atoms with E-state index >= 15 is 0 Å². The molecule has 0 aliphatic rings. The Morgan fingerprint density at radius 2 is 1.74 bits per heavy atom. The zero-order valence-corrected chi connectivity index (χ0v) is 13.6. The number of carbonyl (C=O) groups is 1. The predicted octanol–water partition coefficient (Wildman–Crippen LogP) is 3.69. The minimum atomic E-state index is -1.23. The molecule has 23 heavy (non-hydrogen) atoms. The third-order valence-corrected chi connectivity index (χ3v) is 3.78. The van der Waals surface area contributed by atoms with Crippen LogP contribution >= 0.6 is 0 Å². The topological polar surface area (TPSA) is 72.5 Å². The van der Waals surface area contributed by atoms with Gasteiger partial charge in [0.2, 0.25) is 0 Å². The van der Waals surface area contributed by atoms with E-state index in [-0.39, 0.29) is 0 Å². The maximum atomic E-state index is 11.1. The van der Waals surface area contributed by atoms with Crippen LogP contribution in [0.3, 0.4) is 0 Å². The van der Waals surface area contributed by atoms with Crippen molar-refractivity contribution < 1.29 is 14.6 Å². The van der Waals surface area contributed by atoms with Crippen LogP contribution in [0.25, 0.3) is 0 Å². The van der Waals surface area contributed by atoms with Crippen molar-refractivity contribution in [1.29, 1.82) is 0 Å². The maximum Gasteiger partial charge on any atom is 0.347 e. The molecule has 4 heteroatoms. The average molecular weight is 313 g/mol. The molecule has 0 atom stereocenters. The van der Waals surface area contributed by atoms with Crippen LogP contribution in [0, 0.1) is 0 Å². The molecular formula is C19H23NO3. The summed E-state index contributed by atoms with van der Waals surface area (Å²) in [5.74, 6) is -0.421. The minimum Gasteiger partial charge on any atom is -0.478 e. The molecule has 0 radical (unpaired) electrons. The first kappa shape index (κ1) is 16.9. The zero-order valence-electron chi connectivity index (χ0n) is 13.6. The molecule has 0 unspecified atom stereocenters. The SMILES string of the molecule is CC(C)(Oc1ccc(CCCc2ccccc2N)cc1)C(=O)O. The largest absolute Gasteiger partial charge is 0.478 e. The van der Waals surface area contributed by atoms with Gasteiger partial charge in [0.1, 0.15) is 5.75 Å². The van der Waals surface area contributed by atoms with E-state index in [9.17, 15) is 4.79 Å². The lowest BCUT2D eigenvalue weighted by atomic mass is 10.0. The maximum absolute atomic E-state index is 11.1. The summed E-state index contributed by atoms with van der Waals surface area (Å²) >= 11 is 0. The second kappa shape index (κ2) is 7.18. The van der Waals surface area contributed by atoms with Gasteiger partial charge in [-0.1, -0.05) is 30.3 Å². The lowest BCUT2D eigenvalue weighted by Crippen LogP contribution is -2.37. The molecule has 2 rings (SSSR count). The van der Waals surface area contributed by atoms with Gasteiger partial charge in [0.05, 0.1) is 0 Å². The number of benzene rings is 2. The highest BCUT2D eigenvalue weighted by Crippen LogP contribution is 2.20. The third kappa shape index (κ3) is 4.74. The van der Waals surface area contributed by atoms with Gasteiger partial charge in [0.25, 0.3) is 0 Å². The molecule has 0 saturated heterocycles. The van der Waals surface area contributed by atoms with E-state index in [2.05, 4.69) is 6.07 Å². The second-order valence-electron chi connectivity index (χ2n) is 6.11. The molecule has 122 valence electrons. The van der Waals surface area contributed by atoms with Gasteiger partial charge in [-0.3, -0.25) is 0 Å². The number of nitrogen functional groups attached to an aromatic ring is 1. The van der Waals surface area contributed by atoms with Crippen molar-refractivity contribution in [2.45, 2.75) is 38.7 Å². The molecule has 0 aliphatic carbocycles. The number of para-hydroxylation sites is 1. The van der Waals surface area contributed by atoms with Crippen LogP contribution in [-0.4, -0.2) is 16.7 Å². The van der Waals surface area contributed by atoms with Crippen molar-refractivity contribution >= 4 is 11.7 Å². The predicted molar refractivity (Wildman–Crippen MR) is 91.7 cm³/mol. The van der Waals surface area contributed by atoms with Crippen molar-refractivity contribution in [3.63, 3.8) is 0 Å². The summed E-state index contributed by atoms with van der Waals surface area (Å²) in [6.07, 6.45) is 2.89. The summed E-state index contributed by atoms with van der Waals surface area (Å²) in [6, 6.07) is 15.5. The molecular weight excluding hydrogens is 290 g/mol. The van der Waals surface area contributed by atoms with Crippen LogP contribution in [0.15, 0.2) is 48.5 Å². The Hall–Kier alpha value is -2.49. The molecule has 0 saturated carbocycles. The summed E-state index contributed by atoms with van der Waals surface area (Å²) in [5.41, 5.74) is 7.92. The number of rotatable bonds is 7. The van der Waals surface area contributed by atoms with Crippen LogP contribution in [-0.2, 0) is 17.6 Å². The highest BCUT2D eigenvalue weighted by atomic mass is 16.5. The van der Waals surface area contributed by atoms with Gasteiger partial charge in [-0.15, -0.1) is 0 Å². The van der Waals surface area contributed by atoms with E-state index in [4.69, 9.17) is 15.6 Å². The van der Waals surface area contributed by atoms with Crippen molar-refractivity contribution in [3.8, 4) is 5.75 Å². The quantitative estimate of drug-likeness (QED) is 0.765. The number of ether oxygens (including phenoxy) is 1. The lowest BCUT2D eigenvalue weighted by molar-refractivity contribution is -0.152. The highest BCUT2D eigenvalue weighted by molar-refractivity contribution is 5.76. The van der Waals surface area contributed by atoms with E-state index in [1.165, 1.54) is 25.0 Å². The van der Waals surface area contributed by atoms with Crippen molar-refractivity contribution in [1.82, 2.24) is 0 Å². The lowest BCUT2D eigenvalue weighted by Gasteiger charge is -2.21. The first-order valence-corrected chi connectivity index (χ1v) is 7.73. The summed E-state index contributed by atoms with van der Waals surface area (Å²) in [5, 5.41) is 9.07. The molecule has 2 aromatic carbocycles. The molecule has 0 heterocycles. The van der Waals surface area contributed by atoms with Gasteiger partial charge < -0.3 is 15.6 Å². The first-order chi connectivity index (χ1) is 10.9. The standard InChI is InChI=1S/C19H23NO3/c1-19(2,18(21)22)23-16-12-10-14(11-13-16)6-5-8-15-7-3-4-9-17(15)20/h3-4,7,9-13H,5-6,8,20H2,1-2H3,(H,21,22). The number of hydrogen-bond acceptors (Lipinski definition) is 3. The van der Waals surface area contributed by atoms with Crippen LogP contribution in [0.1, 0.15) is 31.4 Å². The van der Waals surface area contributed by atoms with Gasteiger partial charge in [0.15, 0.2) is 5.60 Å². The molecule has 4 nitrogen and oxygen atoms in total. The monoisotopic (exact) mass is 313 g/mol. The molecule has 0 spiro atoms. The van der Waals surface area contributed by atoms with Gasteiger partial charge >= 0.3 is 5.97 Å². The van der Waals surface area contributed by atoms with Gasteiger partial charge in [0, 0.05) is 5.69 Å². The smallest absolute Gasteiger partial charge is 0.347 e. The summed E-state index contributed by atoms with van der Waals surface area (Å²) in [6.45, 7) is 3.07. The number of carboxylic acids is 1. The summed E-state index contributed by atoms with van der Waals surface area (Å²) in [4.78, 5) is 11.1. The zero-order chi connectivity index (χ0) is 16.9. The minimum absolute atomic E-state index is 0.563. The van der Waals surface area contributed by atoms with Gasteiger partial charge in [-0.2, -0.15) is 0 Å². The second-order valence-corrected chi connectivity index (χ2v) is 6.11. The molecule has 0 aromatic heterocycles. The normalized spacial score (nSPS) is 11.2. The highest BCUT2D eigenvalue weighted by Gasteiger charge is 2.29. The Labute approximate surface area is 136 Å². The summed E-state index contributed by atoms with van der Waals surface area (Å²) in [7, 11) is 0. The summed E-state index contributed by atoms with van der Waals surface area (Å²) < 4.78 is 5.49. The Kier molecular flexibility index (Phi) is 5.27. The fraction of sp³-hybridized carbons (Fsp3) is 0.316. The molecule has 3 N–H and O–H groups in total. The van der Waals surface area contributed by atoms with Gasteiger partial charge in [-0.05, 0) is 62.4 Å². The number of hydrogen-bond donors (Lipinski definition) is 2. The number of anilines is 1. The number of nitrogens with two attached hydrogens (primary N) is 1. The van der Waals surface area contributed by atoms with E-state index in [1.807, 2.05) is 42.5 Å². The first-order valence-electron chi connectivity index (χ1n) is 7.73. The van der Waals surface area contributed by atoms with E-state index in [1.54, 1.807) is 0 Å². The van der Waals surface area contributed by atoms with E-state index < -0.39 is 11.6 Å².